The van der Waals surface area contributed by atoms with E-state index in [1.165, 1.54) is 6.08 Å². The van der Waals surface area contributed by atoms with Gasteiger partial charge < -0.3 is 15.2 Å². The van der Waals surface area contributed by atoms with E-state index < -0.39 is 18.1 Å². The summed E-state index contributed by atoms with van der Waals surface area (Å²) < 4.78 is 4.66. The van der Waals surface area contributed by atoms with Crippen LogP contribution in [0.15, 0.2) is 12.7 Å². The van der Waals surface area contributed by atoms with Crippen molar-refractivity contribution >= 4 is 12.1 Å². The number of alkyl carbamates (subject to hydrolysis) is 1. The van der Waals surface area contributed by atoms with Crippen LogP contribution in [0.2, 0.25) is 0 Å². The summed E-state index contributed by atoms with van der Waals surface area (Å²) in [7, 11) is 3.35. The molecule has 1 unspecified atom stereocenters. The van der Waals surface area contributed by atoms with Crippen LogP contribution < -0.4 is 5.32 Å². The molecular formula is C10H18N2O4. The SMILES string of the molecule is C=CCOC(=O)NCCC(C(=O)O)N(C)C. The second-order valence-corrected chi connectivity index (χ2v) is 3.42. The van der Waals surface area contributed by atoms with Gasteiger partial charge in [-0.1, -0.05) is 12.7 Å². The number of hydrogen-bond acceptors (Lipinski definition) is 4. The zero-order valence-corrected chi connectivity index (χ0v) is 9.60. The van der Waals surface area contributed by atoms with Gasteiger partial charge in [0.25, 0.3) is 0 Å². The standard InChI is InChI=1S/C10H18N2O4/c1-4-7-16-10(15)11-6-5-8(9(13)14)12(2)3/h4,8H,1,5-7H2,2-3H3,(H,11,15)(H,13,14). The third-order valence-electron chi connectivity index (χ3n) is 1.93. The number of ether oxygens (including phenoxy) is 1. The van der Waals surface area contributed by atoms with Gasteiger partial charge in [0.2, 0.25) is 0 Å². The van der Waals surface area contributed by atoms with Crippen LogP contribution in [0.1, 0.15) is 6.42 Å². The fraction of sp³-hybridized carbons (Fsp3) is 0.600. The van der Waals surface area contributed by atoms with Crippen LogP contribution in [0.25, 0.3) is 0 Å². The van der Waals surface area contributed by atoms with E-state index in [-0.39, 0.29) is 13.2 Å². The molecule has 0 aromatic carbocycles. The molecule has 0 spiro atoms. The van der Waals surface area contributed by atoms with Crippen molar-refractivity contribution in [3.8, 4) is 0 Å². The summed E-state index contributed by atoms with van der Waals surface area (Å²) in [6, 6.07) is -0.611. The number of hydrogen-bond donors (Lipinski definition) is 2. The zero-order chi connectivity index (χ0) is 12.6. The molecule has 0 bridgehead atoms. The smallest absolute Gasteiger partial charge is 0.407 e. The van der Waals surface area contributed by atoms with E-state index in [9.17, 15) is 9.59 Å². The van der Waals surface area contributed by atoms with Crippen LogP contribution in [-0.4, -0.2) is 55.4 Å². The number of amides is 1. The number of nitrogens with zero attached hydrogens (tertiary/aromatic N) is 1. The van der Waals surface area contributed by atoms with E-state index in [0.29, 0.717) is 6.42 Å². The summed E-state index contributed by atoms with van der Waals surface area (Å²) in [5.74, 6) is -0.911. The molecule has 2 N–H and O–H groups in total. The molecule has 0 aromatic rings. The van der Waals surface area contributed by atoms with E-state index in [4.69, 9.17) is 5.11 Å². The average molecular weight is 230 g/mol. The fourth-order valence-electron chi connectivity index (χ4n) is 1.10. The molecule has 0 aliphatic rings. The monoisotopic (exact) mass is 230 g/mol. The molecule has 0 saturated carbocycles. The Bertz CT molecular complexity index is 253. The Morgan fingerprint density at radius 3 is 2.62 bits per heavy atom. The first kappa shape index (κ1) is 14.4. The number of carbonyl (C=O) groups excluding carboxylic acids is 1. The third-order valence-corrected chi connectivity index (χ3v) is 1.93. The van der Waals surface area contributed by atoms with Gasteiger partial charge in [-0.2, -0.15) is 0 Å². The van der Waals surface area contributed by atoms with Crippen LogP contribution in [0, 0.1) is 0 Å². The van der Waals surface area contributed by atoms with Gasteiger partial charge in [0.1, 0.15) is 12.6 Å². The molecule has 16 heavy (non-hydrogen) atoms. The highest BCUT2D eigenvalue weighted by Crippen LogP contribution is 1.98. The Balaban J connectivity index is 3.82. The lowest BCUT2D eigenvalue weighted by Gasteiger charge is -2.19. The van der Waals surface area contributed by atoms with E-state index in [1.807, 2.05) is 0 Å². The van der Waals surface area contributed by atoms with Crippen LogP contribution in [-0.2, 0) is 9.53 Å². The molecule has 92 valence electrons. The number of carbonyl (C=O) groups is 2. The highest BCUT2D eigenvalue weighted by atomic mass is 16.5. The maximum atomic E-state index is 11.0. The van der Waals surface area contributed by atoms with E-state index in [1.54, 1.807) is 19.0 Å². The Morgan fingerprint density at radius 2 is 2.19 bits per heavy atom. The predicted octanol–water partition coefficient (Wildman–Crippen LogP) is 0.303. The second kappa shape index (κ2) is 7.70. The largest absolute Gasteiger partial charge is 0.480 e. The van der Waals surface area contributed by atoms with Crippen molar-refractivity contribution in [3.63, 3.8) is 0 Å². The molecule has 0 aliphatic carbocycles. The first-order valence-electron chi connectivity index (χ1n) is 4.89. The van der Waals surface area contributed by atoms with Crippen molar-refractivity contribution in [1.29, 1.82) is 0 Å². The van der Waals surface area contributed by atoms with Gasteiger partial charge in [-0.15, -0.1) is 0 Å². The molecule has 6 nitrogen and oxygen atoms in total. The topological polar surface area (TPSA) is 78.9 Å². The van der Waals surface area contributed by atoms with E-state index in [0.717, 1.165) is 0 Å². The molecule has 1 amide bonds. The first-order valence-corrected chi connectivity index (χ1v) is 4.89. The number of nitrogens with one attached hydrogen (secondary N) is 1. The van der Waals surface area contributed by atoms with Crippen molar-refractivity contribution in [1.82, 2.24) is 10.2 Å². The maximum Gasteiger partial charge on any atom is 0.407 e. The molecule has 0 saturated heterocycles. The Morgan fingerprint density at radius 1 is 1.56 bits per heavy atom. The average Bonchev–Trinajstić information content (AvgIpc) is 2.20. The molecule has 6 heteroatoms. The summed E-state index contributed by atoms with van der Waals surface area (Å²) in [4.78, 5) is 23.4. The van der Waals surface area contributed by atoms with Crippen molar-refractivity contribution in [3.05, 3.63) is 12.7 Å². The highest BCUT2D eigenvalue weighted by Gasteiger charge is 2.19. The quantitative estimate of drug-likeness (QED) is 0.615. The number of likely N-dealkylation sites (N-methyl/N-ethyl adjacent to an activating group) is 1. The molecule has 1 atom stereocenters. The van der Waals surface area contributed by atoms with Crippen LogP contribution >= 0.6 is 0 Å². The molecule has 0 aromatic heterocycles. The molecule has 0 rings (SSSR count). The van der Waals surface area contributed by atoms with Crippen molar-refractivity contribution < 1.29 is 19.4 Å². The Kier molecular flexibility index (Phi) is 6.95. The number of rotatable bonds is 7. The summed E-state index contributed by atoms with van der Waals surface area (Å²) in [5.41, 5.74) is 0. The predicted molar refractivity (Wildman–Crippen MR) is 59.3 cm³/mol. The molecule has 0 radical (unpaired) electrons. The minimum absolute atomic E-state index is 0.141. The third kappa shape index (κ3) is 6.02. The minimum Gasteiger partial charge on any atom is -0.480 e. The van der Waals surface area contributed by atoms with Gasteiger partial charge in [0.15, 0.2) is 0 Å². The number of carboxylic acids is 1. The Hall–Kier alpha value is -1.56. The second-order valence-electron chi connectivity index (χ2n) is 3.42. The molecule has 0 heterocycles. The molecule has 0 aliphatic heterocycles. The maximum absolute atomic E-state index is 11.0. The summed E-state index contributed by atoms with van der Waals surface area (Å²) in [6.07, 6.45) is 1.22. The highest BCUT2D eigenvalue weighted by molar-refractivity contribution is 5.73. The summed E-state index contributed by atoms with van der Waals surface area (Å²) in [6.45, 7) is 3.79. The van der Waals surface area contributed by atoms with Crippen LogP contribution in [0.4, 0.5) is 4.79 Å². The van der Waals surface area contributed by atoms with Gasteiger partial charge >= 0.3 is 12.1 Å². The van der Waals surface area contributed by atoms with Gasteiger partial charge in [0, 0.05) is 6.54 Å². The molecule has 0 fully saturated rings. The van der Waals surface area contributed by atoms with E-state index >= 15 is 0 Å². The van der Waals surface area contributed by atoms with E-state index in [2.05, 4.69) is 16.6 Å². The van der Waals surface area contributed by atoms with Gasteiger partial charge in [0.05, 0.1) is 0 Å². The van der Waals surface area contributed by atoms with Gasteiger partial charge in [-0.05, 0) is 20.5 Å². The normalized spacial score (nSPS) is 11.9. The zero-order valence-electron chi connectivity index (χ0n) is 9.60. The minimum atomic E-state index is -0.911. The van der Waals surface area contributed by atoms with Crippen LogP contribution in [0.3, 0.4) is 0 Å². The lowest BCUT2D eigenvalue weighted by atomic mass is 10.2. The molecular weight excluding hydrogens is 212 g/mol. The number of aliphatic carboxylic acids is 1. The van der Waals surface area contributed by atoms with Gasteiger partial charge in [-0.3, -0.25) is 9.69 Å². The van der Waals surface area contributed by atoms with Crippen LogP contribution in [0.5, 0.6) is 0 Å². The lowest BCUT2D eigenvalue weighted by molar-refractivity contribution is -0.142. The summed E-state index contributed by atoms with van der Waals surface area (Å²) in [5, 5.41) is 11.3. The lowest BCUT2D eigenvalue weighted by Crippen LogP contribution is -2.39. The van der Waals surface area contributed by atoms with Crippen molar-refractivity contribution in [2.45, 2.75) is 12.5 Å². The van der Waals surface area contributed by atoms with Crippen molar-refractivity contribution in [2.75, 3.05) is 27.2 Å². The van der Waals surface area contributed by atoms with Crippen molar-refractivity contribution in [2.24, 2.45) is 0 Å². The number of carboxylic acid groups (broad SMARTS) is 1. The Labute approximate surface area is 94.9 Å². The van der Waals surface area contributed by atoms with Gasteiger partial charge in [-0.25, -0.2) is 4.79 Å². The fourth-order valence-corrected chi connectivity index (χ4v) is 1.10. The first-order chi connectivity index (χ1) is 7.49. The summed E-state index contributed by atoms with van der Waals surface area (Å²) >= 11 is 0.